The van der Waals surface area contributed by atoms with E-state index in [1.165, 1.54) is 21.6 Å². The number of carbonyl (C=O) groups excluding carboxylic acids is 2. The minimum absolute atomic E-state index is 0.0655. The smallest absolute Gasteiger partial charge is 0.327 e. The van der Waals surface area contributed by atoms with Gasteiger partial charge in [0, 0.05) is 12.1 Å². The van der Waals surface area contributed by atoms with Crippen molar-refractivity contribution in [3.05, 3.63) is 29.8 Å². The van der Waals surface area contributed by atoms with Crippen molar-refractivity contribution < 1.29 is 19.5 Å². The topological polar surface area (TPSA) is 77.9 Å². The maximum atomic E-state index is 12.5. The molecular formula is C14H14N2O4S. The van der Waals surface area contributed by atoms with Gasteiger partial charge in [0.25, 0.3) is 0 Å². The lowest BCUT2D eigenvalue weighted by Crippen LogP contribution is -2.47. The minimum atomic E-state index is -1.03. The molecule has 1 aromatic rings. The van der Waals surface area contributed by atoms with E-state index in [1.54, 1.807) is 12.1 Å². The minimum Gasteiger partial charge on any atom is -0.480 e. The Kier molecular flexibility index (Phi) is 3.59. The summed E-state index contributed by atoms with van der Waals surface area (Å²) in [6.07, 6.45) is 0.305. The Morgan fingerprint density at radius 2 is 2.10 bits per heavy atom. The summed E-state index contributed by atoms with van der Waals surface area (Å²) in [7, 11) is 0. The fourth-order valence-electron chi connectivity index (χ4n) is 2.67. The first-order valence-corrected chi connectivity index (χ1v) is 7.71. The zero-order chi connectivity index (χ0) is 15.0. The van der Waals surface area contributed by atoms with Crippen molar-refractivity contribution in [1.82, 2.24) is 4.90 Å². The van der Waals surface area contributed by atoms with Crippen molar-refractivity contribution >= 4 is 35.2 Å². The number of nitrogens with zero attached hydrogens (tertiary/aromatic N) is 2. The molecule has 6 nitrogen and oxygen atoms in total. The van der Waals surface area contributed by atoms with Crippen LogP contribution in [0.2, 0.25) is 0 Å². The van der Waals surface area contributed by atoms with E-state index in [0.29, 0.717) is 23.7 Å². The van der Waals surface area contributed by atoms with Crippen LogP contribution >= 0.6 is 11.8 Å². The molecule has 0 aliphatic carbocycles. The molecule has 3 rings (SSSR count). The van der Waals surface area contributed by atoms with Crippen LogP contribution in [-0.2, 0) is 20.8 Å². The molecule has 110 valence electrons. The van der Waals surface area contributed by atoms with Gasteiger partial charge in [0.1, 0.15) is 12.6 Å². The van der Waals surface area contributed by atoms with Crippen LogP contribution in [0.15, 0.2) is 24.3 Å². The Balaban J connectivity index is 1.85. The number of carboxylic acid groups (broad SMARTS) is 1. The molecule has 2 aliphatic heterocycles. The summed E-state index contributed by atoms with van der Waals surface area (Å²) in [5.41, 5.74) is 1.48. The van der Waals surface area contributed by atoms with Gasteiger partial charge >= 0.3 is 5.97 Å². The van der Waals surface area contributed by atoms with Crippen molar-refractivity contribution in [2.24, 2.45) is 0 Å². The Morgan fingerprint density at radius 1 is 1.33 bits per heavy atom. The van der Waals surface area contributed by atoms with Gasteiger partial charge in [-0.25, -0.2) is 4.79 Å². The Hall–Kier alpha value is -2.02. The van der Waals surface area contributed by atoms with Gasteiger partial charge in [-0.15, -0.1) is 11.8 Å². The normalized spacial score (nSPS) is 20.8. The van der Waals surface area contributed by atoms with Crippen LogP contribution in [0.25, 0.3) is 0 Å². The highest BCUT2D eigenvalue weighted by molar-refractivity contribution is 8.00. The highest BCUT2D eigenvalue weighted by atomic mass is 32.2. The van der Waals surface area contributed by atoms with Gasteiger partial charge in [0.2, 0.25) is 11.8 Å². The summed E-state index contributed by atoms with van der Waals surface area (Å²) >= 11 is 1.46. The number of anilines is 1. The molecule has 0 spiro atoms. The van der Waals surface area contributed by atoms with Gasteiger partial charge in [0.05, 0.1) is 11.6 Å². The van der Waals surface area contributed by atoms with Crippen molar-refractivity contribution in [3.8, 4) is 0 Å². The predicted octanol–water partition coefficient (Wildman–Crippen LogP) is 0.562. The van der Waals surface area contributed by atoms with Crippen LogP contribution in [0.1, 0.15) is 5.56 Å². The molecule has 2 amide bonds. The molecule has 0 bridgehead atoms. The van der Waals surface area contributed by atoms with Gasteiger partial charge in [-0.2, -0.15) is 0 Å². The summed E-state index contributed by atoms with van der Waals surface area (Å²) in [6.45, 7) is -0.0655. The van der Waals surface area contributed by atoms with Gasteiger partial charge < -0.3 is 10.0 Å². The number of fused-ring (bicyclic) bond motifs is 1. The molecule has 2 aliphatic rings. The van der Waals surface area contributed by atoms with Gasteiger partial charge in [0.15, 0.2) is 0 Å². The number of aliphatic carboxylic acids is 1. The molecular weight excluding hydrogens is 292 g/mol. The maximum Gasteiger partial charge on any atom is 0.327 e. The van der Waals surface area contributed by atoms with E-state index in [0.717, 1.165) is 5.56 Å². The highest BCUT2D eigenvalue weighted by Gasteiger charge is 2.39. The van der Waals surface area contributed by atoms with Gasteiger partial charge in [-0.1, -0.05) is 18.2 Å². The zero-order valence-corrected chi connectivity index (χ0v) is 12.0. The molecule has 0 saturated carbocycles. The lowest BCUT2D eigenvalue weighted by Gasteiger charge is -2.25. The quantitative estimate of drug-likeness (QED) is 0.883. The molecule has 1 saturated heterocycles. The highest BCUT2D eigenvalue weighted by Crippen LogP contribution is 2.32. The molecule has 1 N–H and O–H groups in total. The van der Waals surface area contributed by atoms with Crippen LogP contribution in [0.3, 0.4) is 0 Å². The summed E-state index contributed by atoms with van der Waals surface area (Å²) in [5.74, 6) is -0.582. The van der Waals surface area contributed by atoms with E-state index < -0.39 is 12.0 Å². The number of rotatable bonds is 3. The zero-order valence-electron chi connectivity index (χ0n) is 11.2. The number of thioether (sulfide) groups is 1. The van der Waals surface area contributed by atoms with Crippen LogP contribution in [0, 0.1) is 0 Å². The molecule has 0 unspecified atom stereocenters. The molecule has 1 atom stereocenters. The van der Waals surface area contributed by atoms with Crippen molar-refractivity contribution in [1.29, 1.82) is 0 Å². The second-order valence-corrected chi connectivity index (χ2v) is 5.97. The summed E-state index contributed by atoms with van der Waals surface area (Å²) in [4.78, 5) is 38.3. The number of carboxylic acids is 1. The first kappa shape index (κ1) is 13.9. The first-order valence-electron chi connectivity index (χ1n) is 6.56. The number of amides is 2. The SMILES string of the molecule is O=C(O)[C@@H]1Cc2ccccc2N1C(=O)CN1CSCC1=O. The molecule has 0 radical (unpaired) electrons. The predicted molar refractivity (Wildman–Crippen MR) is 78.1 cm³/mol. The van der Waals surface area contributed by atoms with Gasteiger partial charge in [-0.05, 0) is 11.6 Å². The molecule has 7 heteroatoms. The molecule has 2 heterocycles. The van der Waals surface area contributed by atoms with Gasteiger partial charge in [-0.3, -0.25) is 14.5 Å². The van der Waals surface area contributed by atoms with Crippen molar-refractivity contribution in [3.63, 3.8) is 0 Å². The van der Waals surface area contributed by atoms with Crippen LogP contribution in [0.4, 0.5) is 5.69 Å². The number of hydrogen-bond donors (Lipinski definition) is 1. The van der Waals surface area contributed by atoms with E-state index in [9.17, 15) is 19.5 Å². The van der Waals surface area contributed by atoms with Crippen molar-refractivity contribution in [2.75, 3.05) is 23.1 Å². The Labute approximate surface area is 125 Å². The second-order valence-electron chi connectivity index (χ2n) is 5.02. The summed E-state index contributed by atoms with van der Waals surface area (Å²) in [5, 5.41) is 9.34. The Bertz CT molecular complexity index is 619. The third-order valence-electron chi connectivity index (χ3n) is 3.68. The van der Waals surface area contributed by atoms with Crippen molar-refractivity contribution in [2.45, 2.75) is 12.5 Å². The van der Waals surface area contributed by atoms with E-state index in [2.05, 4.69) is 0 Å². The number of benzene rings is 1. The number of para-hydroxylation sites is 1. The maximum absolute atomic E-state index is 12.5. The van der Waals surface area contributed by atoms with Crippen LogP contribution in [0.5, 0.6) is 0 Å². The third-order valence-corrected chi connectivity index (χ3v) is 4.63. The lowest BCUT2D eigenvalue weighted by molar-refractivity contribution is -0.140. The molecule has 1 fully saturated rings. The molecule has 21 heavy (non-hydrogen) atoms. The monoisotopic (exact) mass is 306 g/mol. The third kappa shape index (κ3) is 2.49. The average Bonchev–Trinajstić information content (AvgIpc) is 3.03. The van der Waals surface area contributed by atoms with Crippen LogP contribution in [-0.4, -0.2) is 52.0 Å². The van der Waals surface area contributed by atoms with E-state index >= 15 is 0 Å². The average molecular weight is 306 g/mol. The van der Waals surface area contributed by atoms with Crippen LogP contribution < -0.4 is 4.90 Å². The summed E-state index contributed by atoms with van der Waals surface area (Å²) in [6, 6.07) is 6.29. The Morgan fingerprint density at radius 3 is 2.76 bits per heavy atom. The summed E-state index contributed by atoms with van der Waals surface area (Å²) < 4.78 is 0. The van der Waals surface area contributed by atoms with E-state index in [4.69, 9.17) is 0 Å². The van der Waals surface area contributed by atoms with E-state index in [1.807, 2.05) is 12.1 Å². The molecule has 0 aromatic heterocycles. The first-order chi connectivity index (χ1) is 10.1. The molecule has 1 aromatic carbocycles. The fraction of sp³-hybridized carbons (Fsp3) is 0.357. The number of hydrogen-bond acceptors (Lipinski definition) is 4. The van der Waals surface area contributed by atoms with E-state index in [-0.39, 0.29) is 18.4 Å². The standard InChI is InChI=1S/C14H14N2O4S/c17-12(6-15-8-21-7-13(15)18)16-10-4-2-1-3-9(10)5-11(16)14(19)20/h1-4,11H,5-8H2,(H,19,20)/t11-/m0/s1. The second kappa shape index (κ2) is 5.40. The largest absolute Gasteiger partial charge is 0.480 e. The fourth-order valence-corrected chi connectivity index (χ4v) is 3.58. The lowest BCUT2D eigenvalue weighted by atomic mass is 10.1. The number of carbonyl (C=O) groups is 3.